The standard InChI is InChI=1S/C19H21BrN2O5S/c1-27-14-10-13(20)8-12(17(14)24)9-15-18(25)22(19(26)28-15)11-16(23)21-6-4-2-3-5-7-21/h8-10,24H,2-7,11H2,1H3. The molecule has 2 saturated heterocycles. The maximum atomic E-state index is 12.7. The van der Waals surface area contributed by atoms with Crippen molar-refractivity contribution in [3.8, 4) is 11.5 Å². The molecule has 0 saturated carbocycles. The number of thioether (sulfide) groups is 1. The molecular weight excluding hydrogens is 448 g/mol. The minimum atomic E-state index is -0.531. The monoisotopic (exact) mass is 468 g/mol. The van der Waals surface area contributed by atoms with Gasteiger partial charge in [-0.3, -0.25) is 19.3 Å². The van der Waals surface area contributed by atoms with Gasteiger partial charge in [0.2, 0.25) is 5.91 Å². The molecule has 2 aliphatic rings. The molecule has 150 valence electrons. The van der Waals surface area contributed by atoms with Gasteiger partial charge in [-0.05, 0) is 42.8 Å². The maximum Gasteiger partial charge on any atom is 0.294 e. The van der Waals surface area contributed by atoms with Gasteiger partial charge in [-0.15, -0.1) is 0 Å². The normalized spacial score (nSPS) is 19.3. The second-order valence-corrected chi connectivity index (χ2v) is 8.52. The van der Waals surface area contributed by atoms with Crippen molar-refractivity contribution < 1.29 is 24.2 Å². The third-order valence-corrected chi connectivity index (χ3v) is 6.07. The number of amides is 3. The Balaban J connectivity index is 1.77. The van der Waals surface area contributed by atoms with E-state index in [1.54, 1.807) is 17.0 Å². The van der Waals surface area contributed by atoms with Gasteiger partial charge in [0.15, 0.2) is 11.5 Å². The van der Waals surface area contributed by atoms with Crippen LogP contribution in [0.1, 0.15) is 31.2 Å². The number of aromatic hydroxyl groups is 1. The summed E-state index contributed by atoms with van der Waals surface area (Å²) in [5.74, 6) is -0.622. The van der Waals surface area contributed by atoms with Crippen molar-refractivity contribution in [2.45, 2.75) is 25.7 Å². The second kappa shape index (κ2) is 9.00. The third-order valence-electron chi connectivity index (χ3n) is 4.70. The van der Waals surface area contributed by atoms with Gasteiger partial charge in [0.05, 0.1) is 12.0 Å². The molecule has 9 heteroatoms. The molecule has 0 spiro atoms. The molecule has 3 amide bonds. The predicted molar refractivity (Wildman–Crippen MR) is 110 cm³/mol. The number of hydrogen-bond acceptors (Lipinski definition) is 6. The van der Waals surface area contributed by atoms with Crippen molar-refractivity contribution in [3.63, 3.8) is 0 Å². The lowest BCUT2D eigenvalue weighted by Gasteiger charge is -2.22. The van der Waals surface area contributed by atoms with E-state index in [0.717, 1.165) is 42.3 Å². The van der Waals surface area contributed by atoms with Crippen molar-refractivity contribution in [3.05, 3.63) is 27.1 Å². The number of carbonyl (C=O) groups excluding carboxylic acids is 3. The average Bonchev–Trinajstić information content (AvgIpc) is 2.88. The van der Waals surface area contributed by atoms with E-state index in [9.17, 15) is 19.5 Å². The Morgan fingerprint density at radius 1 is 1.25 bits per heavy atom. The van der Waals surface area contributed by atoms with Crippen LogP contribution in [0.15, 0.2) is 21.5 Å². The van der Waals surface area contributed by atoms with Crippen molar-refractivity contribution in [2.24, 2.45) is 0 Å². The number of carbonyl (C=O) groups is 3. The highest BCUT2D eigenvalue weighted by molar-refractivity contribution is 9.10. The number of imide groups is 1. The van der Waals surface area contributed by atoms with Crippen LogP contribution in [-0.4, -0.2) is 58.7 Å². The van der Waals surface area contributed by atoms with Crippen molar-refractivity contribution in [1.29, 1.82) is 0 Å². The van der Waals surface area contributed by atoms with Crippen molar-refractivity contribution >= 4 is 50.8 Å². The number of methoxy groups -OCH3 is 1. The number of hydrogen-bond donors (Lipinski definition) is 1. The summed E-state index contributed by atoms with van der Waals surface area (Å²) in [7, 11) is 1.42. The van der Waals surface area contributed by atoms with E-state index in [2.05, 4.69) is 15.9 Å². The van der Waals surface area contributed by atoms with Gasteiger partial charge in [-0.1, -0.05) is 28.8 Å². The molecule has 1 aromatic carbocycles. The first kappa shape index (κ1) is 20.7. The first-order chi connectivity index (χ1) is 13.4. The summed E-state index contributed by atoms with van der Waals surface area (Å²) in [5, 5.41) is 9.78. The van der Waals surface area contributed by atoms with E-state index in [4.69, 9.17) is 4.74 Å². The molecule has 0 bridgehead atoms. The molecular formula is C19H21BrN2O5S. The van der Waals surface area contributed by atoms with Crippen LogP contribution in [0.25, 0.3) is 6.08 Å². The Hall–Kier alpha value is -2.00. The van der Waals surface area contributed by atoms with Crippen LogP contribution in [0.4, 0.5) is 4.79 Å². The molecule has 1 N–H and O–H groups in total. The zero-order chi connectivity index (χ0) is 20.3. The quantitative estimate of drug-likeness (QED) is 0.679. The van der Waals surface area contributed by atoms with Crippen LogP contribution >= 0.6 is 27.7 Å². The predicted octanol–water partition coefficient (Wildman–Crippen LogP) is 3.60. The van der Waals surface area contributed by atoms with Crippen LogP contribution in [0.5, 0.6) is 11.5 Å². The van der Waals surface area contributed by atoms with Gasteiger partial charge >= 0.3 is 0 Å². The molecule has 2 aliphatic heterocycles. The molecule has 0 aliphatic carbocycles. The molecule has 3 rings (SSSR count). The Labute approximate surface area is 175 Å². The van der Waals surface area contributed by atoms with Crippen molar-refractivity contribution in [2.75, 3.05) is 26.7 Å². The largest absolute Gasteiger partial charge is 0.504 e. The Morgan fingerprint density at radius 2 is 1.93 bits per heavy atom. The fraction of sp³-hybridized carbons (Fsp3) is 0.421. The van der Waals surface area contributed by atoms with Crippen LogP contribution in [-0.2, 0) is 9.59 Å². The number of phenols is 1. The highest BCUT2D eigenvalue weighted by atomic mass is 79.9. The van der Waals surface area contributed by atoms with E-state index in [1.807, 2.05) is 0 Å². The zero-order valence-corrected chi connectivity index (χ0v) is 17.8. The lowest BCUT2D eigenvalue weighted by molar-refractivity contribution is -0.135. The van der Waals surface area contributed by atoms with Crippen LogP contribution in [0.3, 0.4) is 0 Å². The molecule has 2 fully saturated rings. The lowest BCUT2D eigenvalue weighted by atomic mass is 10.1. The fourth-order valence-corrected chi connectivity index (χ4v) is 4.48. The van der Waals surface area contributed by atoms with Gasteiger partial charge in [-0.25, -0.2) is 0 Å². The topological polar surface area (TPSA) is 87.2 Å². The number of likely N-dealkylation sites (tertiary alicyclic amines) is 1. The summed E-state index contributed by atoms with van der Waals surface area (Å²) in [6.45, 7) is 1.07. The lowest BCUT2D eigenvalue weighted by Crippen LogP contribution is -2.42. The first-order valence-corrected chi connectivity index (χ1v) is 10.6. The first-order valence-electron chi connectivity index (χ1n) is 9.00. The van der Waals surface area contributed by atoms with E-state index in [-0.39, 0.29) is 28.9 Å². The van der Waals surface area contributed by atoms with Gasteiger partial charge in [-0.2, -0.15) is 0 Å². The van der Waals surface area contributed by atoms with E-state index < -0.39 is 11.1 Å². The Morgan fingerprint density at radius 3 is 2.57 bits per heavy atom. The second-order valence-electron chi connectivity index (χ2n) is 6.61. The highest BCUT2D eigenvalue weighted by Crippen LogP contribution is 2.38. The summed E-state index contributed by atoms with van der Waals surface area (Å²) >= 11 is 4.08. The Kier molecular flexibility index (Phi) is 6.66. The van der Waals surface area contributed by atoms with Gasteiger partial charge in [0.25, 0.3) is 11.1 Å². The van der Waals surface area contributed by atoms with Crippen molar-refractivity contribution in [1.82, 2.24) is 9.80 Å². The van der Waals surface area contributed by atoms with Gasteiger partial charge in [0, 0.05) is 23.1 Å². The summed E-state index contributed by atoms with van der Waals surface area (Å²) < 4.78 is 5.76. The molecule has 7 nitrogen and oxygen atoms in total. The van der Waals surface area contributed by atoms with Crippen LogP contribution < -0.4 is 4.74 Å². The number of nitrogens with zero attached hydrogens (tertiary/aromatic N) is 2. The highest BCUT2D eigenvalue weighted by Gasteiger charge is 2.37. The number of ether oxygens (including phenoxy) is 1. The third kappa shape index (κ3) is 4.52. The molecule has 2 heterocycles. The smallest absolute Gasteiger partial charge is 0.294 e. The van der Waals surface area contributed by atoms with E-state index in [1.165, 1.54) is 13.2 Å². The van der Waals surface area contributed by atoms with Crippen LogP contribution in [0.2, 0.25) is 0 Å². The number of halogens is 1. The molecule has 1 aromatic rings. The van der Waals surface area contributed by atoms with E-state index >= 15 is 0 Å². The summed E-state index contributed by atoms with van der Waals surface area (Å²) in [6, 6.07) is 3.21. The molecule has 0 radical (unpaired) electrons. The molecule has 0 unspecified atom stereocenters. The average molecular weight is 469 g/mol. The minimum absolute atomic E-state index is 0.127. The molecule has 0 aromatic heterocycles. The summed E-state index contributed by atoms with van der Waals surface area (Å²) in [4.78, 5) is 40.4. The SMILES string of the molecule is COc1cc(Br)cc(C=C2SC(=O)N(CC(=O)N3CCCCCC3)C2=O)c1O. The Bertz CT molecular complexity index is 834. The van der Waals surface area contributed by atoms with E-state index in [0.29, 0.717) is 23.1 Å². The molecule has 28 heavy (non-hydrogen) atoms. The number of rotatable bonds is 4. The van der Waals surface area contributed by atoms with Gasteiger partial charge < -0.3 is 14.7 Å². The molecule has 0 atom stereocenters. The fourth-order valence-electron chi connectivity index (χ4n) is 3.19. The van der Waals surface area contributed by atoms with Gasteiger partial charge in [0.1, 0.15) is 6.54 Å². The minimum Gasteiger partial charge on any atom is -0.504 e. The summed E-state index contributed by atoms with van der Waals surface area (Å²) in [5.41, 5.74) is 0.343. The summed E-state index contributed by atoms with van der Waals surface area (Å²) in [6.07, 6.45) is 5.50. The van der Waals surface area contributed by atoms with Crippen LogP contribution in [0, 0.1) is 0 Å². The number of benzene rings is 1. The number of phenolic OH excluding ortho intramolecular Hbond substituents is 1. The zero-order valence-electron chi connectivity index (χ0n) is 15.4. The maximum absolute atomic E-state index is 12.7.